The van der Waals surface area contributed by atoms with Crippen LogP contribution < -0.4 is 0 Å². The Kier molecular flexibility index (Phi) is 3.13. The number of aromatic nitrogens is 3. The summed E-state index contributed by atoms with van der Waals surface area (Å²) < 4.78 is 14.5. The van der Waals surface area contributed by atoms with Crippen LogP contribution in [0.15, 0.2) is 53.0 Å². The number of hydrogen-bond acceptors (Lipinski definition) is 2. The van der Waals surface area contributed by atoms with Gasteiger partial charge in [-0.15, -0.1) is 0 Å². The second-order valence-corrected chi connectivity index (χ2v) is 4.91. The highest BCUT2D eigenvalue weighted by molar-refractivity contribution is 9.10. The Hall–Kier alpha value is -2.01. The molecule has 0 spiro atoms. The molecule has 2 aromatic carbocycles. The molecule has 5 heteroatoms. The van der Waals surface area contributed by atoms with Crippen LogP contribution >= 0.6 is 15.9 Å². The Morgan fingerprint density at radius 1 is 1.05 bits per heavy atom. The Balaban J connectivity index is 2.02. The lowest BCUT2D eigenvalue weighted by atomic mass is 10.2. The number of nitrogens with zero attached hydrogens (tertiary/aromatic N) is 2. The highest BCUT2D eigenvalue weighted by Gasteiger charge is 2.11. The fraction of sp³-hybridized carbons (Fsp3) is 0. The van der Waals surface area contributed by atoms with Gasteiger partial charge in [-0.25, -0.2) is 9.37 Å². The van der Waals surface area contributed by atoms with E-state index in [1.807, 2.05) is 30.3 Å². The average Bonchev–Trinajstić information content (AvgIpc) is 2.89. The summed E-state index contributed by atoms with van der Waals surface area (Å²) in [5.41, 5.74) is 1.29. The first-order chi connectivity index (χ1) is 9.24. The van der Waals surface area contributed by atoms with Crippen molar-refractivity contribution in [3.8, 4) is 22.8 Å². The molecule has 1 heterocycles. The molecule has 3 rings (SSSR count). The van der Waals surface area contributed by atoms with Crippen molar-refractivity contribution in [2.75, 3.05) is 0 Å². The van der Waals surface area contributed by atoms with E-state index in [9.17, 15) is 4.39 Å². The monoisotopic (exact) mass is 317 g/mol. The molecule has 0 aliphatic rings. The molecular formula is C14H9BrFN3. The summed E-state index contributed by atoms with van der Waals surface area (Å²) in [6.07, 6.45) is 0. The summed E-state index contributed by atoms with van der Waals surface area (Å²) in [5, 5.41) is 6.88. The van der Waals surface area contributed by atoms with Crippen LogP contribution in [0.3, 0.4) is 0 Å². The minimum absolute atomic E-state index is 0.342. The Morgan fingerprint density at radius 2 is 1.84 bits per heavy atom. The van der Waals surface area contributed by atoms with Crippen LogP contribution in [0.4, 0.5) is 4.39 Å². The van der Waals surface area contributed by atoms with Crippen LogP contribution in [0, 0.1) is 5.82 Å². The van der Waals surface area contributed by atoms with Crippen molar-refractivity contribution in [3.63, 3.8) is 0 Å². The molecule has 1 N–H and O–H groups in total. The zero-order valence-corrected chi connectivity index (χ0v) is 11.4. The first-order valence-electron chi connectivity index (χ1n) is 5.67. The number of benzene rings is 2. The summed E-state index contributed by atoms with van der Waals surface area (Å²) >= 11 is 3.22. The van der Waals surface area contributed by atoms with Gasteiger partial charge in [-0.2, -0.15) is 5.10 Å². The SMILES string of the molecule is Fc1cc(Br)ccc1-c1nc(-c2ccccc2)n[nH]1. The molecular weight excluding hydrogens is 309 g/mol. The number of aromatic amines is 1. The van der Waals surface area contributed by atoms with Gasteiger partial charge in [-0.1, -0.05) is 46.3 Å². The van der Waals surface area contributed by atoms with Gasteiger partial charge >= 0.3 is 0 Å². The maximum atomic E-state index is 13.8. The first-order valence-corrected chi connectivity index (χ1v) is 6.46. The van der Waals surface area contributed by atoms with Gasteiger partial charge in [0.15, 0.2) is 11.6 Å². The molecule has 94 valence electrons. The summed E-state index contributed by atoms with van der Waals surface area (Å²) in [7, 11) is 0. The molecule has 0 saturated carbocycles. The van der Waals surface area contributed by atoms with Crippen LogP contribution in [0.1, 0.15) is 0 Å². The number of nitrogens with one attached hydrogen (secondary N) is 1. The van der Waals surface area contributed by atoms with Crippen molar-refractivity contribution >= 4 is 15.9 Å². The van der Waals surface area contributed by atoms with Gasteiger partial charge in [0.1, 0.15) is 5.82 Å². The van der Waals surface area contributed by atoms with E-state index in [0.717, 1.165) is 5.56 Å². The second-order valence-electron chi connectivity index (χ2n) is 4.00. The van der Waals surface area contributed by atoms with Gasteiger partial charge in [-0.05, 0) is 18.2 Å². The molecule has 0 aliphatic heterocycles. The number of H-pyrrole nitrogens is 1. The first kappa shape index (κ1) is 12.0. The van der Waals surface area contributed by atoms with E-state index in [4.69, 9.17) is 0 Å². The molecule has 0 bridgehead atoms. The van der Waals surface area contributed by atoms with Crippen molar-refractivity contribution in [1.82, 2.24) is 15.2 Å². The number of hydrogen-bond donors (Lipinski definition) is 1. The van der Waals surface area contributed by atoms with Crippen LogP contribution in [-0.2, 0) is 0 Å². The fourth-order valence-electron chi connectivity index (χ4n) is 1.78. The lowest BCUT2D eigenvalue weighted by Gasteiger charge is -1.98. The maximum Gasteiger partial charge on any atom is 0.181 e. The van der Waals surface area contributed by atoms with E-state index in [0.29, 0.717) is 21.7 Å². The smallest absolute Gasteiger partial charge is 0.181 e. The molecule has 19 heavy (non-hydrogen) atoms. The van der Waals surface area contributed by atoms with Gasteiger partial charge in [0.2, 0.25) is 0 Å². The van der Waals surface area contributed by atoms with E-state index in [-0.39, 0.29) is 5.82 Å². The van der Waals surface area contributed by atoms with Crippen molar-refractivity contribution in [2.45, 2.75) is 0 Å². The van der Waals surface area contributed by atoms with E-state index in [1.165, 1.54) is 6.07 Å². The predicted octanol–water partition coefficient (Wildman–Crippen LogP) is 4.04. The number of halogens is 2. The molecule has 0 fully saturated rings. The minimum atomic E-state index is -0.342. The molecule has 1 aromatic heterocycles. The standard InChI is InChI=1S/C14H9BrFN3/c15-10-6-7-11(12(16)8-10)14-17-13(18-19-14)9-4-2-1-3-5-9/h1-8H,(H,17,18,19). The van der Waals surface area contributed by atoms with Gasteiger partial charge in [-0.3, -0.25) is 5.10 Å². The van der Waals surface area contributed by atoms with Gasteiger partial charge in [0.05, 0.1) is 5.56 Å². The van der Waals surface area contributed by atoms with E-state index in [1.54, 1.807) is 12.1 Å². The second kappa shape index (κ2) is 4.93. The van der Waals surface area contributed by atoms with Crippen LogP contribution in [0.2, 0.25) is 0 Å². The third kappa shape index (κ3) is 2.42. The molecule has 0 amide bonds. The Bertz CT molecular complexity index is 710. The van der Waals surface area contributed by atoms with E-state index >= 15 is 0 Å². The highest BCUT2D eigenvalue weighted by Crippen LogP contribution is 2.24. The normalized spacial score (nSPS) is 10.6. The highest BCUT2D eigenvalue weighted by atomic mass is 79.9. The average molecular weight is 318 g/mol. The van der Waals surface area contributed by atoms with Crippen molar-refractivity contribution in [1.29, 1.82) is 0 Å². The molecule has 0 saturated heterocycles. The molecule has 3 nitrogen and oxygen atoms in total. The fourth-order valence-corrected chi connectivity index (χ4v) is 2.11. The lowest BCUT2D eigenvalue weighted by molar-refractivity contribution is 0.629. The largest absolute Gasteiger partial charge is 0.259 e. The van der Waals surface area contributed by atoms with E-state index in [2.05, 4.69) is 31.1 Å². The van der Waals surface area contributed by atoms with Gasteiger partial charge in [0, 0.05) is 10.0 Å². The van der Waals surface area contributed by atoms with Crippen molar-refractivity contribution in [2.24, 2.45) is 0 Å². The quantitative estimate of drug-likeness (QED) is 0.775. The van der Waals surface area contributed by atoms with Crippen molar-refractivity contribution in [3.05, 3.63) is 58.8 Å². The Morgan fingerprint density at radius 3 is 2.58 bits per heavy atom. The Labute approximate surface area is 117 Å². The summed E-state index contributed by atoms with van der Waals surface area (Å²) in [6.45, 7) is 0. The molecule has 3 aromatic rings. The maximum absolute atomic E-state index is 13.8. The van der Waals surface area contributed by atoms with Crippen LogP contribution in [0.25, 0.3) is 22.8 Å². The van der Waals surface area contributed by atoms with Gasteiger partial charge < -0.3 is 0 Å². The zero-order valence-electron chi connectivity index (χ0n) is 9.77. The third-order valence-electron chi connectivity index (χ3n) is 2.70. The lowest BCUT2D eigenvalue weighted by Crippen LogP contribution is -1.86. The summed E-state index contributed by atoms with van der Waals surface area (Å²) in [4.78, 5) is 4.32. The molecule has 0 unspecified atom stereocenters. The van der Waals surface area contributed by atoms with E-state index < -0.39 is 0 Å². The number of rotatable bonds is 2. The topological polar surface area (TPSA) is 41.6 Å². The van der Waals surface area contributed by atoms with Gasteiger partial charge in [0.25, 0.3) is 0 Å². The predicted molar refractivity (Wildman–Crippen MR) is 74.9 cm³/mol. The zero-order chi connectivity index (χ0) is 13.2. The summed E-state index contributed by atoms with van der Waals surface area (Å²) in [5.74, 6) is 0.631. The minimum Gasteiger partial charge on any atom is -0.259 e. The molecule has 0 aliphatic carbocycles. The molecule has 0 atom stereocenters. The third-order valence-corrected chi connectivity index (χ3v) is 3.20. The van der Waals surface area contributed by atoms with Crippen LogP contribution in [0.5, 0.6) is 0 Å². The van der Waals surface area contributed by atoms with Crippen molar-refractivity contribution < 1.29 is 4.39 Å². The van der Waals surface area contributed by atoms with Crippen LogP contribution in [-0.4, -0.2) is 15.2 Å². The summed E-state index contributed by atoms with van der Waals surface area (Å²) in [6, 6.07) is 14.4. The molecule has 0 radical (unpaired) electrons.